The number of ketones is 1. The Balaban J connectivity index is 0.000000421. The molecular weight excluding hydrogens is 634 g/mol. The molecule has 3 aliphatic rings. The number of hydrogen-bond donors (Lipinski definition) is 3. The van der Waals surface area contributed by atoms with Crippen LogP contribution in [-0.2, 0) is 24.2 Å². The number of Topliss-reactive ketones (excluding diaryl/α,β-unsaturated/α-hetero) is 1. The summed E-state index contributed by atoms with van der Waals surface area (Å²) in [5.41, 5.74) is 3.28. The number of benzene rings is 1. The predicted molar refractivity (Wildman–Crippen MR) is 153 cm³/mol. The summed E-state index contributed by atoms with van der Waals surface area (Å²) in [6, 6.07) is 11.9. The molecule has 0 bridgehead atoms. The molecule has 1 spiro atoms. The van der Waals surface area contributed by atoms with E-state index in [-0.39, 0.29) is 11.5 Å². The maximum atomic E-state index is 12.1. The van der Waals surface area contributed by atoms with Gasteiger partial charge in [0.1, 0.15) is 15.6 Å². The van der Waals surface area contributed by atoms with E-state index in [1.54, 1.807) is 5.57 Å². The average Bonchev–Trinajstić information content (AvgIpc) is 3.63. The lowest BCUT2D eigenvalue weighted by atomic mass is 9.60. The van der Waals surface area contributed by atoms with E-state index in [1.807, 2.05) is 0 Å². The lowest BCUT2D eigenvalue weighted by molar-refractivity contribution is -0.193. The van der Waals surface area contributed by atoms with E-state index in [9.17, 15) is 39.6 Å². The van der Waals surface area contributed by atoms with Gasteiger partial charge in [-0.05, 0) is 49.0 Å². The van der Waals surface area contributed by atoms with Crippen LogP contribution in [0.4, 0.5) is 26.3 Å². The van der Waals surface area contributed by atoms with E-state index in [2.05, 4.69) is 53.5 Å². The molecule has 0 radical (unpaired) electrons. The van der Waals surface area contributed by atoms with Gasteiger partial charge in [-0.2, -0.15) is 26.3 Å². The highest BCUT2D eigenvalue weighted by atomic mass is 32.2. The third-order valence-electron chi connectivity index (χ3n) is 7.61. The highest BCUT2D eigenvalue weighted by Crippen LogP contribution is 2.50. The second-order valence-electron chi connectivity index (χ2n) is 11.7. The Morgan fingerprint density at radius 2 is 1.51 bits per heavy atom. The van der Waals surface area contributed by atoms with Crippen molar-refractivity contribution < 1.29 is 59.4 Å². The van der Waals surface area contributed by atoms with Gasteiger partial charge < -0.3 is 15.5 Å². The van der Waals surface area contributed by atoms with Crippen molar-refractivity contribution in [2.24, 2.45) is 11.3 Å². The zero-order valence-corrected chi connectivity index (χ0v) is 25.6. The standard InChI is InChI=1S/C25H36N2O3S.2C2HF3O2/c1-3-20(12-19-8-5-4-6-9-19)23-13-24(23)26-21-14-25(15-21)17-27(18-25)16-22(28)10-7-11-31(2,29)30;2*3-2(4,5)1(6)7/h4-6,8-9,12,21,23-24,26H,3,7,10-11,13-18H2,1-2H3;2*(H,6,7)/b20-12+;;/t23-,24+;;/m0../s1. The Morgan fingerprint density at radius 3 is 1.96 bits per heavy atom. The number of sulfone groups is 1. The van der Waals surface area contributed by atoms with Gasteiger partial charge in [0.2, 0.25) is 0 Å². The van der Waals surface area contributed by atoms with Crippen LogP contribution in [0.5, 0.6) is 0 Å². The molecule has 3 N–H and O–H groups in total. The number of carboxylic acid groups (broad SMARTS) is 2. The third kappa shape index (κ3) is 13.5. The number of carbonyl (C=O) groups is 3. The maximum Gasteiger partial charge on any atom is 0.490 e. The number of rotatable bonds is 11. The molecule has 16 heteroatoms. The molecule has 2 saturated carbocycles. The number of nitrogens with one attached hydrogen (secondary N) is 1. The van der Waals surface area contributed by atoms with Crippen LogP contribution in [-0.4, -0.2) is 97.3 Å². The van der Waals surface area contributed by atoms with Gasteiger partial charge in [-0.15, -0.1) is 0 Å². The van der Waals surface area contributed by atoms with Gasteiger partial charge in [-0.25, -0.2) is 18.0 Å². The van der Waals surface area contributed by atoms with Crippen molar-refractivity contribution in [3.63, 3.8) is 0 Å². The number of halogens is 6. The number of nitrogens with zero attached hydrogens (tertiary/aromatic N) is 1. The molecule has 254 valence electrons. The van der Waals surface area contributed by atoms with E-state index in [0.717, 1.165) is 19.5 Å². The first-order chi connectivity index (χ1) is 20.6. The van der Waals surface area contributed by atoms with Gasteiger partial charge in [0.25, 0.3) is 0 Å². The van der Waals surface area contributed by atoms with Gasteiger partial charge in [0.05, 0.1) is 12.3 Å². The molecule has 2 aliphatic carbocycles. The lowest BCUT2D eigenvalue weighted by Crippen LogP contribution is -2.66. The van der Waals surface area contributed by atoms with Crippen LogP contribution < -0.4 is 5.32 Å². The van der Waals surface area contributed by atoms with Crippen LogP contribution in [0.3, 0.4) is 0 Å². The van der Waals surface area contributed by atoms with Crippen molar-refractivity contribution in [2.75, 3.05) is 31.6 Å². The number of likely N-dealkylation sites (tertiary alicyclic amines) is 1. The van der Waals surface area contributed by atoms with Crippen LogP contribution in [0.1, 0.15) is 51.0 Å². The fourth-order valence-electron chi connectivity index (χ4n) is 5.56. The Morgan fingerprint density at radius 1 is 1.00 bits per heavy atom. The molecule has 2 atom stereocenters. The summed E-state index contributed by atoms with van der Waals surface area (Å²) in [5.74, 6) is -4.55. The van der Waals surface area contributed by atoms with Crippen molar-refractivity contribution in [3.05, 3.63) is 41.5 Å². The molecule has 9 nitrogen and oxygen atoms in total. The summed E-state index contributed by atoms with van der Waals surface area (Å²) in [6.07, 6.45) is -0.944. The summed E-state index contributed by atoms with van der Waals surface area (Å²) in [5, 5.41) is 18.1. The average molecular weight is 673 g/mol. The molecule has 1 aliphatic heterocycles. The Labute approximate surface area is 257 Å². The van der Waals surface area contributed by atoms with E-state index >= 15 is 0 Å². The summed E-state index contributed by atoms with van der Waals surface area (Å²) < 4.78 is 85.8. The van der Waals surface area contributed by atoms with Crippen LogP contribution in [0, 0.1) is 11.3 Å². The van der Waals surface area contributed by atoms with Gasteiger partial charge >= 0.3 is 24.3 Å². The van der Waals surface area contributed by atoms with E-state index in [1.165, 1.54) is 31.1 Å². The van der Waals surface area contributed by atoms with Gasteiger partial charge in [-0.1, -0.05) is 48.9 Å². The zero-order valence-electron chi connectivity index (χ0n) is 24.8. The lowest BCUT2D eigenvalue weighted by Gasteiger charge is -2.59. The minimum Gasteiger partial charge on any atom is -0.475 e. The Kier molecular flexibility index (Phi) is 13.2. The molecule has 1 aromatic rings. The van der Waals surface area contributed by atoms with Crippen LogP contribution in [0.2, 0.25) is 0 Å². The van der Waals surface area contributed by atoms with Crippen molar-refractivity contribution in [1.29, 1.82) is 0 Å². The molecule has 3 fully saturated rings. The van der Waals surface area contributed by atoms with Crippen molar-refractivity contribution >= 4 is 33.6 Å². The third-order valence-corrected chi connectivity index (χ3v) is 8.64. The summed E-state index contributed by atoms with van der Waals surface area (Å²) in [4.78, 5) is 32.1. The molecule has 0 amide bonds. The minimum atomic E-state index is -5.08. The number of aliphatic carboxylic acids is 2. The fourth-order valence-corrected chi connectivity index (χ4v) is 6.23. The fraction of sp³-hybridized carbons (Fsp3) is 0.621. The molecule has 1 aromatic carbocycles. The van der Waals surface area contributed by atoms with E-state index in [4.69, 9.17) is 19.8 Å². The maximum absolute atomic E-state index is 12.1. The minimum absolute atomic E-state index is 0.110. The number of carbonyl (C=O) groups excluding carboxylic acids is 1. The van der Waals surface area contributed by atoms with Crippen molar-refractivity contribution in [1.82, 2.24) is 10.2 Å². The van der Waals surface area contributed by atoms with Crippen LogP contribution in [0.25, 0.3) is 6.08 Å². The Bertz CT molecular complexity index is 1280. The smallest absolute Gasteiger partial charge is 0.475 e. The highest BCUT2D eigenvalue weighted by molar-refractivity contribution is 7.90. The number of alkyl halides is 6. The molecule has 1 saturated heterocycles. The normalized spacial score (nSPS) is 21.3. The number of hydrogen-bond acceptors (Lipinski definition) is 7. The first-order valence-corrected chi connectivity index (χ1v) is 16.2. The zero-order chi connectivity index (χ0) is 34.2. The summed E-state index contributed by atoms with van der Waals surface area (Å²) >= 11 is 0. The van der Waals surface area contributed by atoms with Gasteiger partial charge in [-0.3, -0.25) is 9.69 Å². The molecule has 0 aromatic heterocycles. The summed E-state index contributed by atoms with van der Waals surface area (Å²) in [7, 11) is -2.97. The SMILES string of the molecule is CC/C(=C\c1ccccc1)[C@@H]1C[C@H]1NC1CC2(C1)CN(CC(=O)CCCS(C)(=O)=O)C2.O=C(O)C(F)(F)F.O=C(O)C(F)(F)F. The van der Waals surface area contributed by atoms with Crippen molar-refractivity contribution in [3.8, 4) is 0 Å². The highest BCUT2D eigenvalue weighted by Gasteiger charge is 2.54. The molecule has 1 heterocycles. The van der Waals surface area contributed by atoms with Crippen molar-refractivity contribution in [2.45, 2.75) is 69.9 Å². The van der Waals surface area contributed by atoms with E-state index < -0.39 is 34.1 Å². The Hall–Kier alpha value is -2.98. The second kappa shape index (κ2) is 15.5. The monoisotopic (exact) mass is 672 g/mol. The first kappa shape index (κ1) is 38.2. The first-order valence-electron chi connectivity index (χ1n) is 14.2. The number of carboxylic acids is 2. The topological polar surface area (TPSA) is 141 Å². The molecule has 4 rings (SSSR count). The van der Waals surface area contributed by atoms with Crippen LogP contribution in [0.15, 0.2) is 35.9 Å². The molecule has 0 unspecified atom stereocenters. The van der Waals surface area contributed by atoms with E-state index in [0.29, 0.717) is 42.8 Å². The van der Waals surface area contributed by atoms with Gasteiger partial charge in [0, 0.05) is 37.8 Å². The molecular formula is C29H38F6N2O7S. The quantitative estimate of drug-likeness (QED) is 0.288. The van der Waals surface area contributed by atoms with Crippen LogP contribution >= 0.6 is 0 Å². The predicted octanol–water partition coefficient (Wildman–Crippen LogP) is 4.58. The summed E-state index contributed by atoms with van der Waals surface area (Å²) in [6.45, 7) is 4.78. The van der Waals surface area contributed by atoms with Gasteiger partial charge in [0.15, 0.2) is 0 Å². The molecule has 45 heavy (non-hydrogen) atoms. The largest absolute Gasteiger partial charge is 0.490 e. The second-order valence-corrected chi connectivity index (χ2v) is 14.0.